The number of rotatable bonds is 8. The first-order chi connectivity index (χ1) is 12.0. The number of hydrogen-bond acceptors (Lipinski definition) is 4. The first kappa shape index (κ1) is 21.1. The molecule has 2 saturated heterocycles. The molecular formula is C21H36N2O3. The lowest BCUT2D eigenvalue weighted by Gasteiger charge is -2.33. The monoisotopic (exact) mass is 364 g/mol. The van der Waals surface area contributed by atoms with Crippen LogP contribution >= 0.6 is 0 Å². The largest absolute Gasteiger partial charge is 0.365 e. The van der Waals surface area contributed by atoms with Gasteiger partial charge in [-0.15, -0.1) is 0 Å². The third-order valence-corrected chi connectivity index (χ3v) is 5.08. The molecule has 5 heteroatoms. The van der Waals surface area contributed by atoms with Crippen LogP contribution in [0.3, 0.4) is 0 Å². The zero-order chi connectivity index (χ0) is 19.5. The maximum absolute atomic E-state index is 12.7. The second-order valence-corrected chi connectivity index (χ2v) is 9.97. The SMILES string of the molecule is C=C(CC1CC(=O)N(CCN2CCOC2)C1=O)CC(C)(C)CC(C)(C)C. The van der Waals surface area contributed by atoms with Crippen molar-refractivity contribution in [1.29, 1.82) is 0 Å². The molecule has 0 aliphatic carbocycles. The van der Waals surface area contributed by atoms with Crippen LogP contribution in [-0.4, -0.2) is 54.6 Å². The maximum Gasteiger partial charge on any atom is 0.233 e. The van der Waals surface area contributed by atoms with Gasteiger partial charge in [0.2, 0.25) is 11.8 Å². The highest BCUT2D eigenvalue weighted by molar-refractivity contribution is 6.03. The summed E-state index contributed by atoms with van der Waals surface area (Å²) in [6, 6.07) is 0. The van der Waals surface area contributed by atoms with Crippen molar-refractivity contribution < 1.29 is 14.3 Å². The van der Waals surface area contributed by atoms with Crippen LogP contribution in [0.1, 0.15) is 60.3 Å². The van der Waals surface area contributed by atoms with Crippen LogP contribution in [0, 0.1) is 16.7 Å². The van der Waals surface area contributed by atoms with Crippen LogP contribution in [-0.2, 0) is 14.3 Å². The van der Waals surface area contributed by atoms with Crippen LogP contribution in [0.2, 0.25) is 0 Å². The predicted octanol–water partition coefficient (Wildman–Crippen LogP) is 3.45. The number of imide groups is 1. The van der Waals surface area contributed by atoms with E-state index in [1.165, 1.54) is 4.90 Å². The van der Waals surface area contributed by atoms with E-state index in [1.807, 2.05) is 0 Å². The summed E-state index contributed by atoms with van der Waals surface area (Å²) < 4.78 is 5.31. The minimum atomic E-state index is -0.227. The predicted molar refractivity (Wildman–Crippen MR) is 103 cm³/mol. The molecular weight excluding hydrogens is 328 g/mol. The number of hydrogen-bond donors (Lipinski definition) is 0. The Labute approximate surface area is 158 Å². The van der Waals surface area contributed by atoms with Crippen LogP contribution in [0.4, 0.5) is 0 Å². The first-order valence-electron chi connectivity index (χ1n) is 9.78. The molecule has 148 valence electrons. The fourth-order valence-corrected chi connectivity index (χ4v) is 4.61. The molecule has 2 fully saturated rings. The van der Waals surface area contributed by atoms with Gasteiger partial charge in [0.05, 0.1) is 19.3 Å². The Balaban J connectivity index is 1.84. The van der Waals surface area contributed by atoms with E-state index in [0.717, 1.165) is 31.6 Å². The topological polar surface area (TPSA) is 49.9 Å². The summed E-state index contributed by atoms with van der Waals surface area (Å²) in [4.78, 5) is 28.5. The Hall–Kier alpha value is -1.20. The average molecular weight is 365 g/mol. The molecule has 2 rings (SSSR count). The Morgan fingerprint density at radius 3 is 2.46 bits per heavy atom. The van der Waals surface area contributed by atoms with Crippen LogP contribution < -0.4 is 0 Å². The standard InChI is InChI=1S/C21H36N2O3/c1-16(13-21(5,6)14-20(2,3)4)11-17-12-18(24)23(19(17)25)8-7-22-9-10-26-15-22/h17H,1,7-15H2,2-6H3. The summed E-state index contributed by atoms with van der Waals surface area (Å²) in [5, 5.41) is 0. The van der Waals surface area contributed by atoms with Crippen molar-refractivity contribution >= 4 is 11.8 Å². The molecule has 0 bridgehead atoms. The van der Waals surface area contributed by atoms with Gasteiger partial charge < -0.3 is 4.74 Å². The fourth-order valence-electron chi connectivity index (χ4n) is 4.61. The van der Waals surface area contributed by atoms with E-state index in [9.17, 15) is 9.59 Å². The molecule has 0 aromatic carbocycles. The van der Waals surface area contributed by atoms with Crippen molar-refractivity contribution in [3.05, 3.63) is 12.2 Å². The van der Waals surface area contributed by atoms with Crippen molar-refractivity contribution in [3.8, 4) is 0 Å². The summed E-state index contributed by atoms with van der Waals surface area (Å²) in [5.74, 6) is -0.290. The van der Waals surface area contributed by atoms with Crippen molar-refractivity contribution in [2.45, 2.75) is 60.3 Å². The normalized spacial score (nSPS) is 22.5. The van der Waals surface area contributed by atoms with E-state index in [-0.39, 0.29) is 28.6 Å². The molecule has 0 aromatic rings. The van der Waals surface area contributed by atoms with Crippen LogP contribution in [0.15, 0.2) is 12.2 Å². The molecule has 0 N–H and O–H groups in total. The fraction of sp³-hybridized carbons (Fsp3) is 0.810. The van der Waals surface area contributed by atoms with Crippen molar-refractivity contribution in [1.82, 2.24) is 9.80 Å². The van der Waals surface area contributed by atoms with Gasteiger partial charge in [0.25, 0.3) is 0 Å². The molecule has 0 spiro atoms. The third kappa shape index (κ3) is 6.20. The summed E-state index contributed by atoms with van der Waals surface area (Å²) >= 11 is 0. The molecule has 2 aliphatic rings. The highest BCUT2D eigenvalue weighted by atomic mass is 16.5. The maximum atomic E-state index is 12.7. The Bertz CT molecular complexity index is 542. The number of nitrogens with zero attached hydrogens (tertiary/aromatic N) is 2. The average Bonchev–Trinajstić information content (AvgIpc) is 3.03. The van der Waals surface area contributed by atoms with Gasteiger partial charge in [-0.3, -0.25) is 19.4 Å². The molecule has 0 saturated carbocycles. The minimum absolute atomic E-state index is 0.0232. The van der Waals surface area contributed by atoms with Gasteiger partial charge in [-0.05, 0) is 30.1 Å². The summed E-state index contributed by atoms with van der Waals surface area (Å²) in [7, 11) is 0. The third-order valence-electron chi connectivity index (χ3n) is 5.08. The van der Waals surface area contributed by atoms with Gasteiger partial charge in [0, 0.05) is 26.1 Å². The molecule has 5 nitrogen and oxygen atoms in total. The van der Waals surface area contributed by atoms with Gasteiger partial charge in [-0.1, -0.05) is 46.8 Å². The van der Waals surface area contributed by atoms with Crippen LogP contribution in [0.5, 0.6) is 0 Å². The van der Waals surface area contributed by atoms with Gasteiger partial charge in [0.1, 0.15) is 0 Å². The summed E-state index contributed by atoms with van der Waals surface area (Å²) in [5.41, 5.74) is 1.50. The van der Waals surface area contributed by atoms with E-state index in [0.29, 0.717) is 32.7 Å². The van der Waals surface area contributed by atoms with Crippen molar-refractivity contribution in [3.63, 3.8) is 0 Å². The number of carbonyl (C=O) groups excluding carboxylic acids is 2. The van der Waals surface area contributed by atoms with Crippen LogP contribution in [0.25, 0.3) is 0 Å². The number of allylic oxidation sites excluding steroid dienone is 1. The zero-order valence-corrected chi connectivity index (χ0v) is 17.3. The lowest BCUT2D eigenvalue weighted by Crippen LogP contribution is -2.38. The Morgan fingerprint density at radius 2 is 1.88 bits per heavy atom. The lowest BCUT2D eigenvalue weighted by molar-refractivity contribution is -0.139. The molecule has 1 atom stereocenters. The van der Waals surface area contributed by atoms with E-state index >= 15 is 0 Å². The van der Waals surface area contributed by atoms with Gasteiger partial charge in [-0.25, -0.2) is 0 Å². The van der Waals surface area contributed by atoms with Gasteiger partial charge >= 0.3 is 0 Å². The Kier molecular flexibility index (Phi) is 6.67. The van der Waals surface area contributed by atoms with E-state index in [1.54, 1.807) is 0 Å². The second-order valence-electron chi connectivity index (χ2n) is 9.97. The summed E-state index contributed by atoms with van der Waals surface area (Å²) in [6.07, 6.45) is 2.95. The van der Waals surface area contributed by atoms with E-state index < -0.39 is 0 Å². The van der Waals surface area contributed by atoms with Crippen molar-refractivity contribution in [2.24, 2.45) is 16.7 Å². The quantitative estimate of drug-likeness (QED) is 0.489. The number of ether oxygens (including phenoxy) is 1. The molecule has 2 aliphatic heterocycles. The van der Waals surface area contributed by atoms with E-state index in [2.05, 4.69) is 46.1 Å². The Morgan fingerprint density at radius 1 is 1.19 bits per heavy atom. The van der Waals surface area contributed by atoms with Gasteiger partial charge in [-0.2, -0.15) is 0 Å². The molecule has 1 unspecified atom stereocenters. The number of likely N-dealkylation sites (tertiary alicyclic amines) is 1. The van der Waals surface area contributed by atoms with Crippen molar-refractivity contribution in [2.75, 3.05) is 33.0 Å². The van der Waals surface area contributed by atoms with Gasteiger partial charge in [0.15, 0.2) is 0 Å². The molecule has 0 aromatic heterocycles. The highest BCUT2D eigenvalue weighted by Gasteiger charge is 2.39. The highest BCUT2D eigenvalue weighted by Crippen LogP contribution is 2.39. The number of carbonyl (C=O) groups is 2. The van der Waals surface area contributed by atoms with E-state index in [4.69, 9.17) is 4.74 Å². The molecule has 2 heterocycles. The lowest BCUT2D eigenvalue weighted by atomic mass is 9.72. The molecule has 0 radical (unpaired) electrons. The minimum Gasteiger partial charge on any atom is -0.365 e. The molecule has 2 amide bonds. The molecule has 26 heavy (non-hydrogen) atoms. The second kappa shape index (κ2) is 8.22. The first-order valence-corrected chi connectivity index (χ1v) is 9.78. The number of amides is 2. The smallest absolute Gasteiger partial charge is 0.233 e. The zero-order valence-electron chi connectivity index (χ0n) is 17.3. The summed E-state index contributed by atoms with van der Waals surface area (Å²) in [6.45, 7) is 18.9.